The van der Waals surface area contributed by atoms with Gasteiger partial charge in [0.25, 0.3) is 5.91 Å². The maximum atomic E-state index is 13.1. The first-order valence-electron chi connectivity index (χ1n) is 11.9. The lowest BCUT2D eigenvalue weighted by molar-refractivity contribution is -0.153. The third kappa shape index (κ3) is 4.39. The van der Waals surface area contributed by atoms with E-state index >= 15 is 0 Å². The number of nitrogens with zero attached hydrogens (tertiary/aromatic N) is 3. The predicted octanol–water partition coefficient (Wildman–Crippen LogP) is 1.89. The molecule has 0 spiro atoms. The summed E-state index contributed by atoms with van der Waals surface area (Å²) in [6.07, 6.45) is 7.63. The molecule has 1 saturated heterocycles. The summed E-state index contributed by atoms with van der Waals surface area (Å²) >= 11 is 0. The van der Waals surface area contributed by atoms with E-state index in [2.05, 4.69) is 29.1 Å². The lowest BCUT2D eigenvalue weighted by Crippen LogP contribution is -2.59. The van der Waals surface area contributed by atoms with Gasteiger partial charge in [-0.1, -0.05) is 20.8 Å². The van der Waals surface area contributed by atoms with E-state index in [0.717, 1.165) is 25.7 Å². The number of morpholine rings is 1. The standard InChI is InChI=1S/C24H36N4O4/c1-15(23(31)28-10-12-32-13-11-28)17-4-6-24(3)7-5-18(16(2)20(24)21(17)29)27-22(30)19-14-25-8-9-26-19/h8-9,14-18,20-21,29H,4-7,10-13H2,1-3H3,(H,27,30). The number of fused-ring (bicyclic) bond motifs is 1. The summed E-state index contributed by atoms with van der Waals surface area (Å²) in [4.78, 5) is 35.8. The van der Waals surface area contributed by atoms with Crippen LogP contribution in [0.2, 0.25) is 0 Å². The fourth-order valence-corrected chi connectivity index (χ4v) is 6.41. The van der Waals surface area contributed by atoms with E-state index in [9.17, 15) is 14.7 Å². The Morgan fingerprint density at radius 3 is 2.66 bits per heavy atom. The minimum atomic E-state index is -0.569. The zero-order valence-electron chi connectivity index (χ0n) is 19.4. The Balaban J connectivity index is 1.47. The molecule has 4 rings (SSSR count). The maximum Gasteiger partial charge on any atom is 0.271 e. The molecule has 2 amide bonds. The zero-order chi connectivity index (χ0) is 22.9. The molecule has 1 aromatic rings. The number of nitrogens with one attached hydrogen (secondary N) is 1. The Bertz CT molecular complexity index is 815. The van der Waals surface area contributed by atoms with Crippen LogP contribution in [0, 0.1) is 29.1 Å². The number of carbonyl (C=O) groups excluding carboxylic acids is 2. The summed E-state index contributed by atoms with van der Waals surface area (Å²) < 4.78 is 5.38. The van der Waals surface area contributed by atoms with Gasteiger partial charge < -0.3 is 20.1 Å². The van der Waals surface area contributed by atoms with Crippen molar-refractivity contribution in [2.45, 2.75) is 58.6 Å². The second-order valence-corrected chi connectivity index (χ2v) is 10.2. The van der Waals surface area contributed by atoms with Crippen molar-refractivity contribution in [2.75, 3.05) is 26.3 Å². The van der Waals surface area contributed by atoms with Crippen LogP contribution < -0.4 is 5.32 Å². The average Bonchev–Trinajstić information content (AvgIpc) is 2.81. The van der Waals surface area contributed by atoms with Gasteiger partial charge in [-0.05, 0) is 48.9 Å². The lowest BCUT2D eigenvalue weighted by atomic mass is 9.51. The molecule has 1 aliphatic heterocycles. The SMILES string of the molecule is CC(C(=O)N1CCOCC1)C1CCC2(C)CCC(NC(=O)c3cnccn3)C(C)C2C1O. The Labute approximate surface area is 190 Å². The Kier molecular flexibility index (Phi) is 6.81. The number of carbonyl (C=O) groups is 2. The van der Waals surface area contributed by atoms with Gasteiger partial charge in [-0.15, -0.1) is 0 Å². The number of aliphatic hydroxyl groups is 1. The van der Waals surface area contributed by atoms with Crippen molar-refractivity contribution in [1.82, 2.24) is 20.2 Å². The fourth-order valence-electron chi connectivity index (χ4n) is 6.41. The van der Waals surface area contributed by atoms with E-state index in [4.69, 9.17) is 4.74 Å². The van der Waals surface area contributed by atoms with Gasteiger partial charge >= 0.3 is 0 Å². The van der Waals surface area contributed by atoms with Crippen LogP contribution in [-0.4, -0.2) is 70.2 Å². The molecule has 8 nitrogen and oxygen atoms in total. The molecule has 176 valence electrons. The number of hydrogen-bond acceptors (Lipinski definition) is 6. The lowest BCUT2D eigenvalue weighted by Gasteiger charge is -2.56. The van der Waals surface area contributed by atoms with E-state index in [1.54, 1.807) is 6.20 Å². The molecule has 8 heteroatoms. The van der Waals surface area contributed by atoms with E-state index in [1.807, 2.05) is 11.8 Å². The van der Waals surface area contributed by atoms with Crippen LogP contribution >= 0.6 is 0 Å². The smallest absolute Gasteiger partial charge is 0.271 e. The number of aliphatic hydroxyl groups excluding tert-OH is 1. The van der Waals surface area contributed by atoms with Crippen LogP contribution in [0.3, 0.4) is 0 Å². The molecule has 0 bridgehead atoms. The number of hydrogen-bond donors (Lipinski definition) is 2. The molecule has 2 saturated carbocycles. The second kappa shape index (κ2) is 9.43. The minimum absolute atomic E-state index is 0.0187. The van der Waals surface area contributed by atoms with E-state index in [1.165, 1.54) is 12.4 Å². The van der Waals surface area contributed by atoms with Crippen LogP contribution in [0.4, 0.5) is 0 Å². The van der Waals surface area contributed by atoms with Crippen molar-refractivity contribution < 1.29 is 19.4 Å². The van der Waals surface area contributed by atoms with Crippen molar-refractivity contribution in [3.05, 3.63) is 24.3 Å². The van der Waals surface area contributed by atoms with Gasteiger partial charge in [0.1, 0.15) is 5.69 Å². The molecular formula is C24H36N4O4. The molecule has 2 aliphatic carbocycles. The highest BCUT2D eigenvalue weighted by Gasteiger charge is 2.54. The number of ether oxygens (including phenoxy) is 1. The summed E-state index contributed by atoms with van der Waals surface area (Å²) in [5.74, 6) is -0.275. The van der Waals surface area contributed by atoms with Crippen LogP contribution in [0.25, 0.3) is 0 Å². The van der Waals surface area contributed by atoms with Crippen molar-refractivity contribution in [2.24, 2.45) is 29.1 Å². The molecular weight excluding hydrogens is 408 g/mol. The highest BCUT2D eigenvalue weighted by atomic mass is 16.5. The Morgan fingerprint density at radius 1 is 1.25 bits per heavy atom. The number of amides is 2. The van der Waals surface area contributed by atoms with Crippen LogP contribution in [0.5, 0.6) is 0 Å². The number of rotatable bonds is 4. The summed E-state index contributed by atoms with van der Waals surface area (Å²) in [6, 6.07) is -0.0405. The van der Waals surface area contributed by atoms with Gasteiger partial charge in [0, 0.05) is 37.4 Å². The molecule has 0 aromatic carbocycles. The van der Waals surface area contributed by atoms with Gasteiger partial charge in [0.2, 0.25) is 5.91 Å². The van der Waals surface area contributed by atoms with Gasteiger partial charge in [-0.25, -0.2) is 4.98 Å². The molecule has 2 heterocycles. The van der Waals surface area contributed by atoms with E-state index in [0.29, 0.717) is 32.0 Å². The highest BCUT2D eigenvalue weighted by Crippen LogP contribution is 2.55. The molecule has 7 atom stereocenters. The second-order valence-electron chi connectivity index (χ2n) is 10.2. The van der Waals surface area contributed by atoms with Gasteiger partial charge in [0.05, 0.1) is 25.5 Å². The van der Waals surface area contributed by atoms with Gasteiger partial charge in [0.15, 0.2) is 0 Å². The average molecular weight is 445 g/mol. The minimum Gasteiger partial charge on any atom is -0.392 e. The largest absolute Gasteiger partial charge is 0.392 e. The van der Waals surface area contributed by atoms with Crippen molar-refractivity contribution in [3.8, 4) is 0 Å². The van der Waals surface area contributed by atoms with E-state index < -0.39 is 6.10 Å². The Morgan fingerprint density at radius 2 is 1.97 bits per heavy atom. The van der Waals surface area contributed by atoms with Crippen LogP contribution in [-0.2, 0) is 9.53 Å². The first kappa shape index (κ1) is 23.1. The molecule has 2 N–H and O–H groups in total. The zero-order valence-corrected chi connectivity index (χ0v) is 19.4. The first-order chi connectivity index (χ1) is 15.3. The van der Waals surface area contributed by atoms with E-state index in [-0.39, 0.29) is 46.9 Å². The molecule has 3 fully saturated rings. The number of aromatic nitrogens is 2. The predicted molar refractivity (Wildman–Crippen MR) is 119 cm³/mol. The first-order valence-corrected chi connectivity index (χ1v) is 11.9. The normalized spacial score (nSPS) is 36.1. The quantitative estimate of drug-likeness (QED) is 0.735. The van der Waals surface area contributed by atoms with Crippen molar-refractivity contribution in [3.63, 3.8) is 0 Å². The van der Waals surface area contributed by atoms with Gasteiger partial charge in [-0.2, -0.15) is 0 Å². The molecule has 1 aromatic heterocycles. The van der Waals surface area contributed by atoms with Crippen molar-refractivity contribution >= 4 is 11.8 Å². The Hall–Kier alpha value is -2.06. The third-order valence-electron chi connectivity index (χ3n) is 8.35. The molecule has 0 radical (unpaired) electrons. The van der Waals surface area contributed by atoms with Crippen LogP contribution in [0.15, 0.2) is 18.6 Å². The van der Waals surface area contributed by atoms with Gasteiger partial charge in [-0.3, -0.25) is 14.6 Å². The summed E-state index contributed by atoms with van der Waals surface area (Å²) in [6.45, 7) is 8.77. The monoisotopic (exact) mass is 444 g/mol. The third-order valence-corrected chi connectivity index (χ3v) is 8.35. The summed E-state index contributed by atoms with van der Waals surface area (Å²) in [7, 11) is 0. The maximum absolute atomic E-state index is 13.1. The summed E-state index contributed by atoms with van der Waals surface area (Å²) in [5.41, 5.74) is 0.324. The molecule has 7 unspecified atom stereocenters. The fraction of sp³-hybridized carbons (Fsp3) is 0.750. The molecule has 3 aliphatic rings. The highest BCUT2D eigenvalue weighted by molar-refractivity contribution is 5.92. The topological polar surface area (TPSA) is 105 Å². The van der Waals surface area contributed by atoms with Crippen LogP contribution in [0.1, 0.15) is 56.9 Å². The summed E-state index contributed by atoms with van der Waals surface area (Å²) in [5, 5.41) is 14.7. The molecule has 32 heavy (non-hydrogen) atoms. The van der Waals surface area contributed by atoms with Crippen molar-refractivity contribution in [1.29, 1.82) is 0 Å².